The summed E-state index contributed by atoms with van der Waals surface area (Å²) in [5.41, 5.74) is -4.22. The van der Waals surface area contributed by atoms with Crippen LogP contribution in [0.25, 0.3) is 0 Å². The molecule has 0 rings (SSSR count). The molecule has 0 spiro atoms. The molecular formula is C6H9K2O6PS2. The first-order chi connectivity index (χ1) is 9.14. The zero-order chi connectivity index (χ0) is 17.1. The van der Waals surface area contributed by atoms with Gasteiger partial charge in [0, 0.05) is 26.5 Å². The first-order valence-electron chi connectivity index (χ1n) is 6.24. The largest absolute Gasteiger partial charge is 1.00 e. The summed E-state index contributed by atoms with van der Waals surface area (Å²) in [5, 5.41) is 19.3. The molecule has 0 aliphatic rings. The molecule has 6 nitrogen and oxygen atoms in total. The maximum atomic E-state index is 10.8. The van der Waals surface area contributed by atoms with Gasteiger partial charge in [0.2, 0.25) is 5.69 Å². The van der Waals surface area contributed by atoms with E-state index in [0.717, 1.165) is 0 Å². The minimum Gasteiger partial charge on any atom is -0.550 e. The Kier molecular flexibility index (Phi) is 10.4. The number of rotatable bonds is 7. The summed E-state index contributed by atoms with van der Waals surface area (Å²) in [4.78, 5) is 21.2. The summed E-state index contributed by atoms with van der Waals surface area (Å²) in [7, 11) is -6.32. The smallest absolute Gasteiger partial charge is 0.550 e. The van der Waals surface area contributed by atoms with Gasteiger partial charge in [-0.15, -0.1) is 0 Å². The zero-order valence-corrected chi connectivity index (χ0v) is 17.8. The maximum absolute atomic E-state index is 10.8. The Morgan fingerprint density at radius 1 is 1.41 bits per heavy atom. The van der Waals surface area contributed by atoms with E-state index in [1.165, 1.54) is 0 Å². The summed E-state index contributed by atoms with van der Waals surface area (Å²) >= 11 is 4.61. The molecule has 88 valence electrons. The van der Waals surface area contributed by atoms with Crippen LogP contribution < -0.4 is 113 Å². The monoisotopic (exact) mass is 356 g/mol. The Morgan fingerprint density at radius 3 is 2.18 bits per heavy atom. The quantitative estimate of drug-likeness (QED) is 0.328. The van der Waals surface area contributed by atoms with Crippen molar-refractivity contribution in [1.82, 2.24) is 0 Å². The van der Waals surface area contributed by atoms with E-state index in [0.29, 0.717) is 0 Å². The van der Waals surface area contributed by atoms with E-state index in [4.69, 9.17) is 8.22 Å². The van der Waals surface area contributed by atoms with Gasteiger partial charge in [0.25, 0.3) is 0 Å². The second kappa shape index (κ2) is 12.8. The fourth-order valence-corrected chi connectivity index (χ4v) is 3.87. The van der Waals surface area contributed by atoms with Crippen LogP contribution in [0.2, 0.25) is 0 Å². The van der Waals surface area contributed by atoms with Gasteiger partial charge in [-0.3, -0.25) is 0 Å². The summed E-state index contributed by atoms with van der Waals surface area (Å²) in [6.07, 6.45) is -1.08. The van der Waals surface area contributed by atoms with Gasteiger partial charge in [0.1, 0.15) is 0 Å². The molecule has 11 heteroatoms. The van der Waals surface area contributed by atoms with E-state index in [9.17, 15) is 19.8 Å². The topological polar surface area (TPSA) is 98.7 Å². The summed E-state index contributed by atoms with van der Waals surface area (Å²) in [6.45, 7) is 0. The van der Waals surface area contributed by atoms with Gasteiger partial charge in [-0.25, -0.2) is 0 Å². The molecule has 0 aromatic carbocycles. The third kappa shape index (κ3) is 11.5. The van der Waals surface area contributed by atoms with Gasteiger partial charge in [-0.2, -0.15) is 0 Å². The van der Waals surface area contributed by atoms with Crippen LogP contribution >= 0.6 is 17.1 Å². The number of carboxylic acid groups (broad SMARTS) is 2. The molecular weight excluding hydrogens is 341 g/mol. The van der Waals surface area contributed by atoms with Crippen molar-refractivity contribution in [2.75, 3.05) is 14.1 Å². The molecule has 0 aliphatic heterocycles. The third-order valence-electron chi connectivity index (χ3n) is 1.09. The first-order valence-corrected chi connectivity index (χ1v) is 7.36. The maximum Gasteiger partial charge on any atom is 1.00 e. The van der Waals surface area contributed by atoms with Crippen LogP contribution in [0.15, 0.2) is 0 Å². The molecule has 0 heterocycles. The van der Waals surface area contributed by atoms with Crippen LogP contribution in [0, 0.1) is 0 Å². The van der Waals surface area contributed by atoms with Crippen molar-refractivity contribution in [2.45, 2.75) is 11.7 Å². The number of carbonyl (C=O) groups excluding carboxylic acids is 2. The summed E-state index contributed by atoms with van der Waals surface area (Å²) in [6, 6.07) is 0. The Hall–Kier alpha value is 3.13. The van der Waals surface area contributed by atoms with Crippen LogP contribution in [0.3, 0.4) is 0 Å². The van der Waals surface area contributed by atoms with Gasteiger partial charge >= 0.3 is 103 Å². The Balaban J connectivity index is -0.00000200. The number of aliphatic carboxylic acids is 2. The van der Waals surface area contributed by atoms with E-state index >= 15 is 0 Å². The van der Waals surface area contributed by atoms with Crippen molar-refractivity contribution in [3.63, 3.8) is 0 Å². The van der Waals surface area contributed by atoms with Crippen molar-refractivity contribution in [2.24, 2.45) is 0 Å². The van der Waals surface area contributed by atoms with Crippen molar-refractivity contribution in [1.29, 1.82) is 0 Å². The van der Waals surface area contributed by atoms with Crippen molar-refractivity contribution < 1.29 is 140 Å². The molecule has 0 radical (unpaired) electrons. The molecule has 0 aromatic rings. The molecule has 17 heavy (non-hydrogen) atoms. The first kappa shape index (κ1) is 13.8. The predicted molar refractivity (Wildman–Crippen MR) is 54.3 cm³/mol. The van der Waals surface area contributed by atoms with Crippen molar-refractivity contribution >= 4 is 40.8 Å². The van der Waals surface area contributed by atoms with Gasteiger partial charge in [-0.1, -0.05) is 11.4 Å². The second-order valence-electron chi connectivity index (χ2n) is 2.12. The Labute approximate surface area is 202 Å². The summed E-state index contributed by atoms with van der Waals surface area (Å²) < 4.78 is 50.1. The Bertz CT molecular complexity index is 440. The number of carboxylic acids is 2. The fourth-order valence-electron chi connectivity index (χ4n) is 0.533. The molecule has 0 aliphatic carbocycles. The van der Waals surface area contributed by atoms with Crippen molar-refractivity contribution in [3.8, 4) is 0 Å². The SMILES string of the molecule is [2H]C([2H])([2H])OP(=S)(OC([2H])([2H])[2H])SC(CC(=O)[O-])C(=O)[O-].[K+].[K+]. The normalized spacial score (nSPS) is 18.6. The molecule has 1 atom stereocenters. The second-order valence-corrected chi connectivity index (χ2v) is 8.37. The van der Waals surface area contributed by atoms with E-state index in [1.54, 1.807) is 0 Å². The molecule has 0 saturated heterocycles. The van der Waals surface area contributed by atoms with Crippen LogP contribution in [-0.4, -0.2) is 31.3 Å². The average Bonchev–Trinajstić information content (AvgIpc) is 2.07. The summed E-state index contributed by atoms with van der Waals surface area (Å²) in [5.74, 6) is -3.68. The zero-order valence-electron chi connectivity index (χ0n) is 15.0. The molecule has 0 saturated carbocycles. The van der Waals surface area contributed by atoms with Crippen LogP contribution in [-0.2, 0) is 30.4 Å². The molecule has 0 aromatic heterocycles. The molecule has 0 fully saturated rings. The van der Waals surface area contributed by atoms with E-state index < -0.39 is 43.4 Å². The molecule has 0 bridgehead atoms. The standard InChI is InChI=1S/C6H11O6PS2.2K/c1-11-13(14,12-2)15-4(6(9)10)3-5(7)8;;/h4H,3H2,1-2H3,(H,7,8)(H,9,10);;/q;2*+1/p-2/i1D3,2D3;;. The fraction of sp³-hybridized carbons (Fsp3) is 0.667. The number of carbonyl (C=O) groups is 2. The van der Waals surface area contributed by atoms with Gasteiger partial charge in [0.15, 0.2) is 0 Å². The average molecular weight is 356 g/mol. The molecule has 1 unspecified atom stereocenters. The van der Waals surface area contributed by atoms with Gasteiger partial charge in [0.05, 0.1) is 19.4 Å². The van der Waals surface area contributed by atoms with Crippen LogP contribution in [0.4, 0.5) is 0 Å². The molecule has 0 N–H and O–H groups in total. The van der Waals surface area contributed by atoms with Crippen molar-refractivity contribution in [3.05, 3.63) is 0 Å². The Morgan fingerprint density at radius 2 is 1.88 bits per heavy atom. The number of hydrogen-bond acceptors (Lipinski definition) is 8. The number of hydrogen-bond donors (Lipinski definition) is 0. The van der Waals surface area contributed by atoms with E-state index in [2.05, 4.69) is 20.9 Å². The molecule has 0 amide bonds. The van der Waals surface area contributed by atoms with Gasteiger partial charge < -0.3 is 28.8 Å². The predicted octanol–water partition coefficient (Wildman–Crippen LogP) is -7.50. The minimum atomic E-state index is -4.22. The van der Waals surface area contributed by atoms with Gasteiger partial charge in [-0.05, 0) is 11.8 Å². The van der Waals surface area contributed by atoms with Crippen LogP contribution in [0.1, 0.15) is 14.6 Å². The van der Waals surface area contributed by atoms with E-state index in [1.807, 2.05) is 0 Å². The van der Waals surface area contributed by atoms with E-state index in [-0.39, 0.29) is 114 Å². The minimum absolute atomic E-state index is 0. The van der Waals surface area contributed by atoms with Crippen LogP contribution in [0.5, 0.6) is 0 Å². The third-order valence-corrected chi connectivity index (χ3v) is 5.62.